The molecule has 0 aromatic heterocycles. The Morgan fingerprint density at radius 2 is 1.90 bits per heavy atom. The van der Waals surface area contributed by atoms with Gasteiger partial charge in [-0.25, -0.2) is 13.2 Å². The molecule has 21 heavy (non-hydrogen) atoms. The first-order chi connectivity index (χ1) is 9.91. The van der Waals surface area contributed by atoms with Gasteiger partial charge in [-0.15, -0.1) is 0 Å². The van der Waals surface area contributed by atoms with Gasteiger partial charge in [0, 0.05) is 6.54 Å². The van der Waals surface area contributed by atoms with Crippen molar-refractivity contribution in [3.63, 3.8) is 0 Å². The van der Waals surface area contributed by atoms with Gasteiger partial charge in [-0.05, 0) is 30.9 Å². The first kappa shape index (κ1) is 15.3. The van der Waals surface area contributed by atoms with Crippen LogP contribution in [-0.2, 0) is 4.79 Å². The summed E-state index contributed by atoms with van der Waals surface area (Å²) >= 11 is 0. The van der Waals surface area contributed by atoms with E-state index < -0.39 is 40.8 Å². The lowest BCUT2D eigenvalue weighted by Crippen LogP contribution is -2.33. The van der Waals surface area contributed by atoms with Crippen LogP contribution in [0.25, 0.3) is 0 Å². The van der Waals surface area contributed by atoms with Crippen LogP contribution < -0.4 is 5.32 Å². The van der Waals surface area contributed by atoms with Gasteiger partial charge in [-0.2, -0.15) is 0 Å². The Morgan fingerprint density at radius 3 is 2.57 bits per heavy atom. The average molecular weight is 301 g/mol. The molecule has 0 heterocycles. The molecule has 1 aliphatic carbocycles. The zero-order chi connectivity index (χ0) is 15.6. The van der Waals surface area contributed by atoms with E-state index in [0.29, 0.717) is 18.9 Å². The van der Waals surface area contributed by atoms with Crippen molar-refractivity contribution in [3.05, 3.63) is 35.1 Å². The second kappa shape index (κ2) is 6.15. The predicted octanol–water partition coefficient (Wildman–Crippen LogP) is 2.33. The number of carbonyl (C=O) groups excluding carboxylic acids is 1. The summed E-state index contributed by atoms with van der Waals surface area (Å²) in [5.41, 5.74) is -0.598. The van der Waals surface area contributed by atoms with Gasteiger partial charge in [0.05, 0.1) is 11.5 Å². The molecule has 1 aromatic carbocycles. The summed E-state index contributed by atoms with van der Waals surface area (Å²) < 4.78 is 39.3. The van der Waals surface area contributed by atoms with Crippen molar-refractivity contribution < 1.29 is 27.9 Å². The van der Waals surface area contributed by atoms with E-state index in [1.54, 1.807) is 0 Å². The molecule has 1 aliphatic rings. The third-order valence-electron chi connectivity index (χ3n) is 3.78. The maximum absolute atomic E-state index is 13.4. The molecule has 1 fully saturated rings. The number of halogens is 3. The third-order valence-corrected chi connectivity index (χ3v) is 3.78. The van der Waals surface area contributed by atoms with E-state index in [9.17, 15) is 22.8 Å². The van der Waals surface area contributed by atoms with E-state index in [2.05, 4.69) is 5.32 Å². The fraction of sp³-hybridized carbons (Fsp3) is 0.429. The molecular formula is C14H14F3NO3. The molecule has 1 saturated carbocycles. The summed E-state index contributed by atoms with van der Waals surface area (Å²) in [5.74, 6) is -7.21. The van der Waals surface area contributed by atoms with Crippen molar-refractivity contribution >= 4 is 11.9 Å². The molecule has 2 rings (SSSR count). The Hall–Kier alpha value is -2.05. The third kappa shape index (κ3) is 3.17. The number of hydrogen-bond donors (Lipinski definition) is 2. The van der Waals surface area contributed by atoms with E-state index in [1.807, 2.05) is 0 Å². The van der Waals surface area contributed by atoms with Gasteiger partial charge < -0.3 is 10.4 Å². The molecule has 0 spiro atoms. The van der Waals surface area contributed by atoms with Crippen molar-refractivity contribution in [2.75, 3.05) is 6.54 Å². The van der Waals surface area contributed by atoms with Crippen molar-refractivity contribution in [2.24, 2.45) is 11.8 Å². The number of hydrogen-bond acceptors (Lipinski definition) is 2. The minimum absolute atomic E-state index is 0.0637. The van der Waals surface area contributed by atoms with Gasteiger partial charge in [0.1, 0.15) is 0 Å². The SMILES string of the molecule is O=C(NCC1CCCC1C(=O)O)c1ccc(F)c(F)c1F. The summed E-state index contributed by atoms with van der Waals surface area (Å²) in [6.07, 6.45) is 1.93. The smallest absolute Gasteiger partial charge is 0.306 e. The maximum atomic E-state index is 13.4. The quantitative estimate of drug-likeness (QED) is 0.839. The molecule has 1 aromatic rings. The molecule has 0 saturated heterocycles. The number of rotatable bonds is 4. The number of carboxylic acids is 1. The first-order valence-corrected chi connectivity index (χ1v) is 6.56. The first-order valence-electron chi connectivity index (χ1n) is 6.56. The van der Waals surface area contributed by atoms with E-state index in [0.717, 1.165) is 12.5 Å². The van der Waals surface area contributed by atoms with Crippen LogP contribution >= 0.6 is 0 Å². The molecule has 7 heteroatoms. The highest BCUT2D eigenvalue weighted by atomic mass is 19.2. The molecule has 0 aliphatic heterocycles. The molecular weight excluding hydrogens is 287 g/mol. The Kier molecular flexibility index (Phi) is 4.50. The fourth-order valence-electron chi connectivity index (χ4n) is 2.63. The van der Waals surface area contributed by atoms with Gasteiger partial charge in [0.25, 0.3) is 5.91 Å². The average Bonchev–Trinajstić information content (AvgIpc) is 2.91. The molecule has 114 valence electrons. The summed E-state index contributed by atoms with van der Waals surface area (Å²) in [4.78, 5) is 22.8. The Labute approximate surface area is 119 Å². The lowest BCUT2D eigenvalue weighted by Gasteiger charge is -2.16. The van der Waals surface area contributed by atoms with Crippen LogP contribution in [0.15, 0.2) is 12.1 Å². The van der Waals surface area contributed by atoms with Gasteiger partial charge >= 0.3 is 5.97 Å². The minimum atomic E-state index is -1.70. The molecule has 2 unspecified atom stereocenters. The van der Waals surface area contributed by atoms with Crippen LogP contribution in [0.2, 0.25) is 0 Å². The summed E-state index contributed by atoms with van der Waals surface area (Å²) in [5, 5.41) is 11.4. The lowest BCUT2D eigenvalue weighted by molar-refractivity contribution is -0.142. The van der Waals surface area contributed by atoms with Crippen LogP contribution in [0.3, 0.4) is 0 Å². The highest BCUT2D eigenvalue weighted by Gasteiger charge is 2.33. The second-order valence-corrected chi connectivity index (χ2v) is 5.07. The van der Waals surface area contributed by atoms with Crippen LogP contribution in [0.5, 0.6) is 0 Å². The predicted molar refractivity (Wildman–Crippen MR) is 67.1 cm³/mol. The van der Waals surface area contributed by atoms with Crippen LogP contribution in [0.4, 0.5) is 13.2 Å². The van der Waals surface area contributed by atoms with Gasteiger partial charge in [0.2, 0.25) is 0 Å². The standard InChI is InChI=1S/C14H14F3NO3/c15-10-5-4-9(11(16)12(10)17)13(19)18-6-7-2-1-3-8(7)14(20)21/h4-5,7-8H,1-3,6H2,(H,18,19)(H,20,21). The largest absolute Gasteiger partial charge is 0.481 e. The highest BCUT2D eigenvalue weighted by Crippen LogP contribution is 2.31. The normalized spacial score (nSPS) is 21.3. The topological polar surface area (TPSA) is 66.4 Å². The Morgan fingerprint density at radius 1 is 1.19 bits per heavy atom. The summed E-state index contributed by atoms with van der Waals surface area (Å²) in [7, 11) is 0. The van der Waals surface area contributed by atoms with Crippen LogP contribution in [0, 0.1) is 29.3 Å². The van der Waals surface area contributed by atoms with Crippen molar-refractivity contribution in [1.29, 1.82) is 0 Å². The number of aliphatic carboxylic acids is 1. The molecule has 0 bridgehead atoms. The molecule has 4 nitrogen and oxygen atoms in total. The van der Waals surface area contributed by atoms with Crippen molar-refractivity contribution in [3.8, 4) is 0 Å². The van der Waals surface area contributed by atoms with Gasteiger partial charge in [0.15, 0.2) is 17.5 Å². The van der Waals surface area contributed by atoms with E-state index in [4.69, 9.17) is 5.11 Å². The lowest BCUT2D eigenvalue weighted by atomic mass is 9.96. The highest BCUT2D eigenvalue weighted by molar-refractivity contribution is 5.94. The van der Waals surface area contributed by atoms with Gasteiger partial charge in [-0.1, -0.05) is 6.42 Å². The number of carboxylic acid groups (broad SMARTS) is 1. The summed E-state index contributed by atoms with van der Waals surface area (Å²) in [6.45, 7) is 0.0637. The molecule has 1 amide bonds. The summed E-state index contributed by atoms with van der Waals surface area (Å²) in [6, 6.07) is 1.52. The zero-order valence-electron chi connectivity index (χ0n) is 11.0. The van der Waals surface area contributed by atoms with Crippen LogP contribution in [-0.4, -0.2) is 23.5 Å². The fourth-order valence-corrected chi connectivity index (χ4v) is 2.63. The monoisotopic (exact) mass is 301 g/mol. The Balaban J connectivity index is 2.02. The van der Waals surface area contributed by atoms with Gasteiger partial charge in [-0.3, -0.25) is 9.59 Å². The zero-order valence-corrected chi connectivity index (χ0v) is 11.0. The number of nitrogens with one attached hydrogen (secondary N) is 1. The van der Waals surface area contributed by atoms with E-state index in [-0.39, 0.29) is 12.5 Å². The second-order valence-electron chi connectivity index (χ2n) is 5.07. The maximum Gasteiger partial charge on any atom is 0.306 e. The van der Waals surface area contributed by atoms with Crippen molar-refractivity contribution in [1.82, 2.24) is 5.32 Å². The number of carbonyl (C=O) groups is 2. The molecule has 2 N–H and O–H groups in total. The van der Waals surface area contributed by atoms with E-state index >= 15 is 0 Å². The molecule has 2 atom stereocenters. The molecule has 0 radical (unpaired) electrons. The van der Waals surface area contributed by atoms with E-state index in [1.165, 1.54) is 0 Å². The number of amides is 1. The van der Waals surface area contributed by atoms with Crippen LogP contribution in [0.1, 0.15) is 29.6 Å². The Bertz CT molecular complexity index is 577. The van der Waals surface area contributed by atoms with Crippen molar-refractivity contribution in [2.45, 2.75) is 19.3 Å². The number of benzene rings is 1. The minimum Gasteiger partial charge on any atom is -0.481 e.